The molecule has 0 bridgehead atoms. The average molecular weight is 1510 g/mol. The minimum absolute atomic E-state index is 0.0283. The molecular formula is C85H152O17P2. The van der Waals surface area contributed by atoms with Crippen molar-refractivity contribution in [1.82, 2.24) is 0 Å². The maximum atomic E-state index is 13.1. The Hall–Kier alpha value is -3.76. The van der Waals surface area contributed by atoms with Crippen molar-refractivity contribution >= 4 is 39.5 Å². The van der Waals surface area contributed by atoms with E-state index in [1.807, 2.05) is 18.2 Å². The molecule has 0 radical (unpaired) electrons. The number of hydrogen-bond acceptors (Lipinski definition) is 15. The third-order valence-corrected chi connectivity index (χ3v) is 19.7. The molecule has 3 N–H and O–H groups in total. The molecule has 2 unspecified atom stereocenters. The maximum absolute atomic E-state index is 13.1. The van der Waals surface area contributed by atoms with Gasteiger partial charge in [0.05, 0.1) is 26.4 Å². The number of unbranched alkanes of at least 4 members (excludes halogenated alkanes) is 39. The number of rotatable bonds is 79. The molecule has 0 aromatic rings. The number of aliphatic hydroxyl groups excluding tert-OH is 1. The quantitative estimate of drug-likeness (QED) is 0.0169. The first kappa shape index (κ1) is 100. The summed E-state index contributed by atoms with van der Waals surface area (Å²) in [6.45, 7) is 4.81. The van der Waals surface area contributed by atoms with E-state index in [9.17, 15) is 43.2 Å². The molecule has 0 aliphatic carbocycles. The number of phosphoric acid groups is 2. The molecule has 0 aromatic carbocycles. The number of carbonyl (C=O) groups excluding carboxylic acids is 4. The van der Waals surface area contributed by atoms with E-state index in [-0.39, 0.29) is 25.7 Å². The van der Waals surface area contributed by atoms with Crippen LogP contribution >= 0.6 is 15.6 Å². The zero-order chi connectivity index (χ0) is 76.0. The van der Waals surface area contributed by atoms with Gasteiger partial charge in [-0.15, -0.1) is 0 Å². The summed E-state index contributed by atoms with van der Waals surface area (Å²) in [5, 5.41) is 10.7. The Labute approximate surface area is 634 Å². The van der Waals surface area contributed by atoms with Gasteiger partial charge in [0.1, 0.15) is 19.3 Å². The lowest BCUT2D eigenvalue weighted by Crippen LogP contribution is -2.30. The third-order valence-electron chi connectivity index (χ3n) is 17.8. The molecule has 0 aliphatic rings. The Kier molecular flexibility index (Phi) is 74.6. The topological polar surface area (TPSA) is 237 Å². The molecule has 0 fully saturated rings. The van der Waals surface area contributed by atoms with E-state index < -0.39 is 97.5 Å². The van der Waals surface area contributed by atoms with Crippen LogP contribution in [0.3, 0.4) is 0 Å². The number of esters is 4. The highest BCUT2D eigenvalue weighted by atomic mass is 31.2. The number of phosphoric ester groups is 2. The normalized spacial score (nSPS) is 14.3. The molecule has 0 amide bonds. The van der Waals surface area contributed by atoms with Gasteiger partial charge in [0.15, 0.2) is 12.2 Å². The van der Waals surface area contributed by atoms with Gasteiger partial charge in [0.2, 0.25) is 0 Å². The zero-order valence-corrected chi connectivity index (χ0v) is 68.0. The SMILES string of the molecule is CCCCC/C=C\C/C=C\C/C=C\C/C=C\C/C=C\CCC(=O)O[C@H](COC(=O)CCCCCCC/C=C\CCCCCCCC)COP(=O)(O)OC[C@@H](O)COP(=O)(O)OC[C@@H](COC(=O)CCCCCCC/C=C\CCCCCCCC)OC(=O)CCCCCCCCCCCCCCCCC. The molecule has 0 saturated heterocycles. The van der Waals surface area contributed by atoms with Crippen molar-refractivity contribution in [1.29, 1.82) is 0 Å². The summed E-state index contributed by atoms with van der Waals surface area (Å²) >= 11 is 0. The second kappa shape index (κ2) is 77.4. The summed E-state index contributed by atoms with van der Waals surface area (Å²) in [4.78, 5) is 73.1. The van der Waals surface area contributed by atoms with Gasteiger partial charge in [-0.1, -0.05) is 318 Å². The van der Waals surface area contributed by atoms with E-state index in [0.29, 0.717) is 32.1 Å². The van der Waals surface area contributed by atoms with Gasteiger partial charge in [-0.3, -0.25) is 37.3 Å². The van der Waals surface area contributed by atoms with Crippen molar-refractivity contribution < 1.29 is 80.2 Å². The van der Waals surface area contributed by atoms with Crippen LogP contribution in [0.25, 0.3) is 0 Å². The number of carbonyl (C=O) groups is 4. The first-order valence-electron chi connectivity index (χ1n) is 41.8. The largest absolute Gasteiger partial charge is 0.472 e. The zero-order valence-electron chi connectivity index (χ0n) is 66.2. The van der Waals surface area contributed by atoms with Crippen LogP contribution in [-0.4, -0.2) is 96.7 Å². The Morgan fingerprint density at radius 1 is 0.269 bits per heavy atom. The van der Waals surface area contributed by atoms with E-state index in [4.69, 9.17) is 37.0 Å². The van der Waals surface area contributed by atoms with Crippen molar-refractivity contribution in [2.75, 3.05) is 39.6 Å². The molecular weight excluding hydrogens is 1350 g/mol. The predicted octanol–water partition coefficient (Wildman–Crippen LogP) is 24.6. The van der Waals surface area contributed by atoms with Gasteiger partial charge in [-0.25, -0.2) is 9.13 Å². The number of hydrogen-bond donors (Lipinski definition) is 3. The molecule has 17 nitrogen and oxygen atoms in total. The lowest BCUT2D eigenvalue weighted by atomic mass is 10.0. The second-order valence-electron chi connectivity index (χ2n) is 28.1. The summed E-state index contributed by atoms with van der Waals surface area (Å²) in [5.41, 5.74) is 0. The van der Waals surface area contributed by atoms with Crippen molar-refractivity contribution in [2.45, 2.75) is 393 Å². The standard InChI is InChI=1S/C85H152O17P2/c1-5-9-13-17-21-25-29-33-37-38-39-40-44-48-52-56-60-64-68-72-85(90)102-81(76-96-83(88)70-66-62-58-54-50-46-42-35-31-27-23-19-15-11-7-3)78-100-104(93,94)98-74-79(86)73-97-103(91,92)99-77-80(101-84(89)71-67-63-59-55-51-47-43-36-32-28-24-20-16-12-8-4)75-95-82(87)69-65-61-57-53-49-45-41-34-30-26-22-18-14-10-6-2/h21,25,33-35,37,39-42,48,52,60,64,79-81,86H,5-20,22-24,26-32,36,38,43-47,49-51,53-59,61-63,65-78H2,1-4H3,(H,91,92)(H,93,94)/b25-21-,37-33-,40-39-,41-34-,42-35-,52-48-,64-60-/t79-,80+,81+/m0/s1. The van der Waals surface area contributed by atoms with Crippen molar-refractivity contribution in [3.8, 4) is 0 Å². The smallest absolute Gasteiger partial charge is 0.462 e. The monoisotopic (exact) mass is 1510 g/mol. The minimum atomic E-state index is -5.00. The van der Waals surface area contributed by atoms with E-state index in [0.717, 1.165) is 128 Å². The minimum Gasteiger partial charge on any atom is -0.462 e. The fourth-order valence-electron chi connectivity index (χ4n) is 11.4. The molecule has 5 atom stereocenters. The molecule has 0 aromatic heterocycles. The van der Waals surface area contributed by atoms with Crippen LogP contribution in [0.1, 0.15) is 374 Å². The lowest BCUT2D eigenvalue weighted by Gasteiger charge is -2.21. The van der Waals surface area contributed by atoms with Crippen LogP contribution in [-0.2, 0) is 65.4 Å². The molecule has 0 saturated carbocycles. The molecule has 0 spiro atoms. The van der Waals surface area contributed by atoms with E-state index in [1.54, 1.807) is 0 Å². The van der Waals surface area contributed by atoms with Crippen LogP contribution in [0.2, 0.25) is 0 Å². The Morgan fingerprint density at radius 3 is 0.808 bits per heavy atom. The van der Waals surface area contributed by atoms with Crippen molar-refractivity contribution in [3.05, 3.63) is 85.1 Å². The van der Waals surface area contributed by atoms with Gasteiger partial charge in [0, 0.05) is 25.7 Å². The second-order valence-corrected chi connectivity index (χ2v) is 31.0. The summed E-state index contributed by atoms with van der Waals surface area (Å²) in [6, 6.07) is 0. The van der Waals surface area contributed by atoms with Crippen LogP contribution in [0.5, 0.6) is 0 Å². The van der Waals surface area contributed by atoms with Gasteiger partial charge in [-0.05, 0) is 116 Å². The Balaban J connectivity index is 5.42. The number of aliphatic hydroxyl groups is 1. The van der Waals surface area contributed by atoms with Gasteiger partial charge < -0.3 is 33.8 Å². The average Bonchev–Trinajstić information content (AvgIpc) is 0.943. The van der Waals surface area contributed by atoms with Crippen LogP contribution in [0.4, 0.5) is 0 Å². The highest BCUT2D eigenvalue weighted by Crippen LogP contribution is 2.45. The van der Waals surface area contributed by atoms with Gasteiger partial charge in [-0.2, -0.15) is 0 Å². The summed E-state index contributed by atoms with van der Waals surface area (Å²) in [6.07, 6.45) is 81.4. The highest BCUT2D eigenvalue weighted by molar-refractivity contribution is 7.47. The molecule has 0 aliphatic heterocycles. The van der Waals surface area contributed by atoms with Gasteiger partial charge in [0.25, 0.3) is 0 Å². The third kappa shape index (κ3) is 76.4. The van der Waals surface area contributed by atoms with Crippen LogP contribution < -0.4 is 0 Å². The van der Waals surface area contributed by atoms with Gasteiger partial charge >= 0.3 is 39.5 Å². The summed E-state index contributed by atoms with van der Waals surface area (Å²) < 4.78 is 68.6. The maximum Gasteiger partial charge on any atom is 0.472 e. The van der Waals surface area contributed by atoms with E-state index >= 15 is 0 Å². The molecule has 604 valence electrons. The molecule has 19 heteroatoms. The number of allylic oxidation sites excluding steroid dienone is 14. The first-order valence-corrected chi connectivity index (χ1v) is 44.8. The van der Waals surface area contributed by atoms with E-state index in [2.05, 4.69) is 94.5 Å². The first-order chi connectivity index (χ1) is 50.7. The molecule has 0 heterocycles. The highest BCUT2D eigenvalue weighted by Gasteiger charge is 2.30. The molecule has 104 heavy (non-hydrogen) atoms. The van der Waals surface area contributed by atoms with Crippen LogP contribution in [0, 0.1) is 0 Å². The van der Waals surface area contributed by atoms with Crippen LogP contribution in [0.15, 0.2) is 85.1 Å². The van der Waals surface area contributed by atoms with Crippen molar-refractivity contribution in [2.24, 2.45) is 0 Å². The fourth-order valence-corrected chi connectivity index (χ4v) is 13.0. The molecule has 0 rings (SSSR count). The predicted molar refractivity (Wildman–Crippen MR) is 427 cm³/mol. The number of ether oxygens (including phenoxy) is 4. The Bertz CT molecular complexity index is 2300. The van der Waals surface area contributed by atoms with E-state index in [1.165, 1.54) is 161 Å². The Morgan fingerprint density at radius 2 is 0.490 bits per heavy atom. The summed E-state index contributed by atoms with van der Waals surface area (Å²) in [7, 11) is -9.98. The fraction of sp³-hybridized carbons (Fsp3) is 0.788. The summed E-state index contributed by atoms with van der Waals surface area (Å²) in [5.74, 6) is -2.26. The lowest BCUT2D eigenvalue weighted by molar-refractivity contribution is -0.161. The van der Waals surface area contributed by atoms with Crippen molar-refractivity contribution in [3.63, 3.8) is 0 Å².